The van der Waals surface area contributed by atoms with Gasteiger partial charge in [0.05, 0.1) is 5.38 Å². The average Bonchev–Trinajstić information content (AvgIpc) is 2.37. The molecule has 0 saturated heterocycles. The van der Waals surface area contributed by atoms with Crippen LogP contribution in [0.1, 0.15) is 17.4 Å². The Bertz CT molecular complexity index is 536. The van der Waals surface area contributed by atoms with Crippen molar-refractivity contribution in [3.63, 3.8) is 0 Å². The summed E-state index contributed by atoms with van der Waals surface area (Å²) in [6.07, 6.45) is -8.98. The lowest BCUT2D eigenvalue weighted by atomic mass is 9.97. The Morgan fingerprint density at radius 1 is 0.783 bits per heavy atom. The molecule has 0 aliphatic heterocycles. The zero-order valence-electron chi connectivity index (χ0n) is 10.8. The van der Waals surface area contributed by atoms with Gasteiger partial charge in [-0.25, -0.2) is 0 Å². The van der Waals surface area contributed by atoms with Gasteiger partial charge < -0.3 is 0 Å². The highest BCUT2D eigenvalue weighted by Gasteiger charge is 2.81. The molecule has 1 aromatic rings. The molecule has 0 aromatic heterocycles. The molecule has 1 unspecified atom stereocenters. The minimum absolute atomic E-state index is 0.151. The molecule has 0 spiro atoms. The van der Waals surface area contributed by atoms with E-state index < -0.39 is 35.7 Å². The number of halogens is 11. The molecule has 0 nitrogen and oxygen atoms in total. The third-order valence-corrected chi connectivity index (χ3v) is 3.54. The number of hydrogen-bond acceptors (Lipinski definition) is 0. The van der Waals surface area contributed by atoms with Crippen molar-refractivity contribution >= 4 is 23.2 Å². The topological polar surface area (TPSA) is 0 Å². The van der Waals surface area contributed by atoms with Crippen LogP contribution in [0, 0.1) is 0 Å². The second-order valence-electron chi connectivity index (χ2n) is 4.57. The van der Waals surface area contributed by atoms with Gasteiger partial charge in [-0.15, -0.1) is 11.6 Å². The molecule has 0 heterocycles. The molecule has 132 valence electrons. The van der Waals surface area contributed by atoms with Gasteiger partial charge in [0.15, 0.2) is 0 Å². The molecule has 23 heavy (non-hydrogen) atoms. The Morgan fingerprint density at radius 2 is 1.22 bits per heavy atom. The van der Waals surface area contributed by atoms with E-state index in [2.05, 4.69) is 0 Å². The summed E-state index contributed by atoms with van der Waals surface area (Å²) in [5.74, 6) is -19.3. The van der Waals surface area contributed by atoms with Crippen molar-refractivity contribution in [2.45, 2.75) is 35.7 Å². The van der Waals surface area contributed by atoms with E-state index in [0.29, 0.717) is 0 Å². The van der Waals surface area contributed by atoms with Crippen molar-refractivity contribution in [2.24, 2.45) is 0 Å². The van der Waals surface area contributed by atoms with Crippen molar-refractivity contribution < 1.29 is 39.5 Å². The van der Waals surface area contributed by atoms with Crippen LogP contribution >= 0.6 is 23.2 Å². The SMILES string of the molecule is FC(F)(F)C(F)(F)C(F)(F)C(F)(F)CC(Cl)c1ccc(Cl)cc1. The summed E-state index contributed by atoms with van der Waals surface area (Å²) in [5.41, 5.74) is -0.193. The lowest BCUT2D eigenvalue weighted by Crippen LogP contribution is -2.61. The van der Waals surface area contributed by atoms with Crippen molar-refractivity contribution in [3.05, 3.63) is 34.9 Å². The van der Waals surface area contributed by atoms with E-state index in [1.807, 2.05) is 0 Å². The molecule has 11 heteroatoms. The summed E-state index contributed by atoms with van der Waals surface area (Å²) in [7, 11) is 0. The Kier molecular flexibility index (Phi) is 5.48. The van der Waals surface area contributed by atoms with Crippen LogP contribution in [0.25, 0.3) is 0 Å². The second-order valence-corrected chi connectivity index (χ2v) is 5.54. The maximum atomic E-state index is 13.4. The van der Waals surface area contributed by atoms with E-state index in [9.17, 15) is 39.5 Å². The minimum atomic E-state index is -6.92. The molecule has 0 amide bonds. The second kappa shape index (κ2) is 6.23. The predicted molar refractivity (Wildman–Crippen MR) is 65.6 cm³/mol. The lowest BCUT2D eigenvalue weighted by molar-refractivity contribution is -0.396. The third-order valence-electron chi connectivity index (χ3n) is 2.88. The van der Waals surface area contributed by atoms with E-state index in [0.717, 1.165) is 24.3 Å². The monoisotopic (exact) mass is 392 g/mol. The maximum absolute atomic E-state index is 13.4. The molecule has 0 N–H and O–H groups in total. The molecule has 1 aromatic carbocycles. The smallest absolute Gasteiger partial charge is 0.200 e. The molecular formula is C12H7Cl2F9. The molecule has 0 aliphatic rings. The first-order chi connectivity index (χ1) is 10.1. The first kappa shape index (κ1) is 20.2. The average molecular weight is 393 g/mol. The summed E-state index contributed by atoms with van der Waals surface area (Å²) in [4.78, 5) is 0. The summed E-state index contributed by atoms with van der Waals surface area (Å²) in [5, 5.41) is -1.78. The number of rotatable bonds is 5. The first-order valence-electron chi connectivity index (χ1n) is 5.73. The Balaban J connectivity index is 3.07. The zero-order valence-corrected chi connectivity index (χ0v) is 12.3. The minimum Gasteiger partial charge on any atom is -0.200 e. The highest BCUT2D eigenvalue weighted by molar-refractivity contribution is 6.30. The molecule has 1 atom stereocenters. The largest absolute Gasteiger partial charge is 0.460 e. The molecule has 1 rings (SSSR count). The van der Waals surface area contributed by atoms with Gasteiger partial charge in [0.25, 0.3) is 0 Å². The molecule has 0 fully saturated rings. The summed E-state index contributed by atoms with van der Waals surface area (Å²) < 4.78 is 114. The number of alkyl halides is 10. The van der Waals surface area contributed by atoms with E-state index in [4.69, 9.17) is 23.2 Å². The maximum Gasteiger partial charge on any atom is 0.460 e. The van der Waals surface area contributed by atoms with Crippen LogP contribution in [0.3, 0.4) is 0 Å². The van der Waals surface area contributed by atoms with E-state index in [1.54, 1.807) is 0 Å². The Labute approximate surface area is 134 Å². The van der Waals surface area contributed by atoms with Gasteiger partial charge in [-0.05, 0) is 17.7 Å². The normalized spacial score (nSPS) is 15.6. The fourth-order valence-electron chi connectivity index (χ4n) is 1.55. The van der Waals surface area contributed by atoms with Crippen LogP contribution in [0.2, 0.25) is 5.02 Å². The quantitative estimate of drug-likeness (QED) is 0.397. The van der Waals surface area contributed by atoms with Crippen molar-refractivity contribution in [1.29, 1.82) is 0 Å². The van der Waals surface area contributed by atoms with Gasteiger partial charge in [-0.1, -0.05) is 23.7 Å². The first-order valence-corrected chi connectivity index (χ1v) is 6.54. The zero-order chi connectivity index (χ0) is 18.3. The standard InChI is InChI=1S/C12H7Cl2F9/c13-7-3-1-6(2-4-7)8(14)5-9(15,16)10(17,18)11(19,20)12(21,22)23/h1-4,8H,5H2. The number of benzene rings is 1. The van der Waals surface area contributed by atoms with Crippen LogP contribution < -0.4 is 0 Å². The van der Waals surface area contributed by atoms with Gasteiger partial charge >= 0.3 is 23.9 Å². The fourth-order valence-corrected chi connectivity index (χ4v) is 2.02. The van der Waals surface area contributed by atoms with Crippen molar-refractivity contribution in [3.8, 4) is 0 Å². The third kappa shape index (κ3) is 3.81. The van der Waals surface area contributed by atoms with E-state index in [-0.39, 0.29) is 10.6 Å². The van der Waals surface area contributed by atoms with Crippen LogP contribution in [0.5, 0.6) is 0 Å². The summed E-state index contributed by atoms with van der Waals surface area (Å²) >= 11 is 10.9. The van der Waals surface area contributed by atoms with Gasteiger partial charge in [0.2, 0.25) is 0 Å². The molecule has 0 aliphatic carbocycles. The Hall–Kier alpha value is -0.830. The van der Waals surface area contributed by atoms with E-state index >= 15 is 0 Å². The highest BCUT2D eigenvalue weighted by Crippen LogP contribution is 2.55. The highest BCUT2D eigenvalue weighted by atomic mass is 35.5. The van der Waals surface area contributed by atoms with Crippen LogP contribution in [-0.2, 0) is 0 Å². The predicted octanol–water partition coefficient (Wildman–Crippen LogP) is 6.48. The van der Waals surface area contributed by atoms with Crippen molar-refractivity contribution in [1.82, 2.24) is 0 Å². The summed E-state index contributed by atoms with van der Waals surface area (Å²) in [6.45, 7) is 0. The summed E-state index contributed by atoms with van der Waals surface area (Å²) in [6, 6.07) is 4.42. The van der Waals surface area contributed by atoms with Crippen molar-refractivity contribution in [2.75, 3.05) is 0 Å². The van der Waals surface area contributed by atoms with Gasteiger partial charge in [-0.3, -0.25) is 0 Å². The van der Waals surface area contributed by atoms with Crippen LogP contribution in [-0.4, -0.2) is 23.9 Å². The Morgan fingerprint density at radius 3 is 1.61 bits per heavy atom. The molecule has 0 bridgehead atoms. The van der Waals surface area contributed by atoms with E-state index in [1.165, 1.54) is 0 Å². The van der Waals surface area contributed by atoms with Crippen LogP contribution in [0.15, 0.2) is 24.3 Å². The molecule has 0 radical (unpaired) electrons. The molecular weight excluding hydrogens is 386 g/mol. The van der Waals surface area contributed by atoms with Gasteiger partial charge in [0.1, 0.15) is 0 Å². The van der Waals surface area contributed by atoms with Crippen LogP contribution in [0.4, 0.5) is 39.5 Å². The lowest BCUT2D eigenvalue weighted by Gasteiger charge is -2.34. The fraction of sp³-hybridized carbons (Fsp3) is 0.500. The molecule has 0 saturated carbocycles. The van der Waals surface area contributed by atoms with Gasteiger partial charge in [-0.2, -0.15) is 39.5 Å². The van der Waals surface area contributed by atoms with Gasteiger partial charge in [0, 0.05) is 11.4 Å². The number of hydrogen-bond donors (Lipinski definition) is 0.